The highest BCUT2D eigenvalue weighted by atomic mass is 16.5. The monoisotopic (exact) mass is 355 g/mol. The van der Waals surface area contributed by atoms with E-state index in [9.17, 15) is 4.79 Å². The lowest BCUT2D eigenvalue weighted by Crippen LogP contribution is -2.53. The fraction of sp³-hybridized carbons (Fsp3) is 0.421. The lowest BCUT2D eigenvalue weighted by Gasteiger charge is -2.37. The van der Waals surface area contributed by atoms with Gasteiger partial charge >= 0.3 is 0 Å². The van der Waals surface area contributed by atoms with Crippen LogP contribution in [-0.4, -0.2) is 59.6 Å². The molecule has 2 aromatic rings. The van der Waals surface area contributed by atoms with Crippen LogP contribution in [0.2, 0.25) is 0 Å². The van der Waals surface area contributed by atoms with Crippen molar-refractivity contribution in [3.05, 3.63) is 42.7 Å². The number of hydrogen-bond acceptors (Lipinski definition) is 6. The first-order valence-electron chi connectivity index (χ1n) is 8.97. The summed E-state index contributed by atoms with van der Waals surface area (Å²) in [7, 11) is 0. The molecule has 1 aliphatic rings. The molecule has 1 unspecified atom stereocenters. The van der Waals surface area contributed by atoms with Gasteiger partial charge in [-0.3, -0.25) is 9.69 Å². The summed E-state index contributed by atoms with van der Waals surface area (Å²) in [6, 6.07) is 9.07. The molecule has 0 radical (unpaired) electrons. The normalized spacial score (nSPS) is 16.2. The molecule has 1 aromatic carbocycles. The first-order valence-corrected chi connectivity index (χ1v) is 8.97. The van der Waals surface area contributed by atoms with Gasteiger partial charge in [0.1, 0.15) is 5.75 Å². The van der Waals surface area contributed by atoms with Crippen molar-refractivity contribution in [1.29, 1.82) is 0 Å². The Balaban J connectivity index is 1.51. The Morgan fingerprint density at radius 2 is 1.81 bits per heavy atom. The standard InChI is InChI=1S/C19H25N5O2/c1-3-26-17-7-5-16(6-8-17)22-18(25)15(2)23-11-13-24(14-12-23)19-20-9-4-10-21-19/h4-10,15H,3,11-14H2,1-2H3,(H,22,25). The van der Waals surface area contributed by atoms with Gasteiger partial charge in [-0.15, -0.1) is 0 Å². The van der Waals surface area contributed by atoms with Gasteiger partial charge in [-0.25, -0.2) is 9.97 Å². The van der Waals surface area contributed by atoms with Crippen molar-refractivity contribution in [2.45, 2.75) is 19.9 Å². The van der Waals surface area contributed by atoms with Crippen molar-refractivity contribution in [1.82, 2.24) is 14.9 Å². The van der Waals surface area contributed by atoms with Crippen LogP contribution in [0.4, 0.5) is 11.6 Å². The first-order chi connectivity index (χ1) is 12.7. The molecule has 0 saturated carbocycles. The number of carbonyl (C=O) groups is 1. The number of hydrogen-bond donors (Lipinski definition) is 1. The van der Waals surface area contributed by atoms with Crippen LogP contribution in [0.1, 0.15) is 13.8 Å². The fourth-order valence-electron chi connectivity index (χ4n) is 2.98. The van der Waals surface area contributed by atoms with E-state index in [1.165, 1.54) is 0 Å². The third-order valence-electron chi connectivity index (χ3n) is 4.51. The van der Waals surface area contributed by atoms with Crippen LogP contribution in [0.3, 0.4) is 0 Å². The second-order valence-electron chi connectivity index (χ2n) is 6.19. The number of amides is 1. The van der Waals surface area contributed by atoms with Crippen LogP contribution in [0.25, 0.3) is 0 Å². The molecular formula is C19H25N5O2. The van der Waals surface area contributed by atoms with E-state index in [0.29, 0.717) is 6.61 Å². The molecule has 1 aliphatic heterocycles. The molecule has 7 heteroatoms. The highest BCUT2D eigenvalue weighted by Gasteiger charge is 2.26. The fourth-order valence-corrected chi connectivity index (χ4v) is 2.98. The van der Waals surface area contributed by atoms with E-state index >= 15 is 0 Å². The maximum absolute atomic E-state index is 12.6. The Kier molecular flexibility index (Phi) is 6.01. The van der Waals surface area contributed by atoms with Crippen LogP contribution in [-0.2, 0) is 4.79 Å². The van der Waals surface area contributed by atoms with E-state index in [4.69, 9.17) is 4.74 Å². The molecule has 1 atom stereocenters. The quantitative estimate of drug-likeness (QED) is 0.855. The number of benzene rings is 1. The smallest absolute Gasteiger partial charge is 0.241 e. The number of nitrogens with one attached hydrogen (secondary N) is 1. The molecule has 3 rings (SSSR count). The zero-order chi connectivity index (χ0) is 18.4. The lowest BCUT2D eigenvalue weighted by molar-refractivity contribution is -0.120. The number of aromatic nitrogens is 2. The van der Waals surface area contributed by atoms with Gasteiger partial charge in [-0.2, -0.15) is 0 Å². The van der Waals surface area contributed by atoms with E-state index in [1.54, 1.807) is 12.4 Å². The molecule has 26 heavy (non-hydrogen) atoms. The summed E-state index contributed by atoms with van der Waals surface area (Å²) in [4.78, 5) is 25.5. The number of nitrogens with zero attached hydrogens (tertiary/aromatic N) is 4. The highest BCUT2D eigenvalue weighted by molar-refractivity contribution is 5.94. The van der Waals surface area contributed by atoms with E-state index < -0.39 is 0 Å². The summed E-state index contributed by atoms with van der Waals surface area (Å²) in [6.45, 7) is 7.74. The Bertz CT molecular complexity index is 700. The van der Waals surface area contributed by atoms with Gasteiger partial charge < -0.3 is 15.0 Å². The van der Waals surface area contributed by atoms with Gasteiger partial charge in [0.25, 0.3) is 0 Å². The number of ether oxygens (including phenoxy) is 1. The van der Waals surface area contributed by atoms with Crippen LogP contribution in [0.5, 0.6) is 5.75 Å². The summed E-state index contributed by atoms with van der Waals surface area (Å²) in [5, 5.41) is 2.98. The average molecular weight is 355 g/mol. The van der Waals surface area contributed by atoms with Crippen LogP contribution < -0.4 is 15.0 Å². The molecule has 138 valence electrons. The summed E-state index contributed by atoms with van der Waals surface area (Å²) in [6.07, 6.45) is 3.50. The van der Waals surface area contributed by atoms with Crippen LogP contribution in [0.15, 0.2) is 42.7 Å². The average Bonchev–Trinajstić information content (AvgIpc) is 2.70. The Morgan fingerprint density at radius 1 is 1.15 bits per heavy atom. The molecule has 0 bridgehead atoms. The predicted octanol–water partition coefficient (Wildman–Crippen LogP) is 2.02. The molecule has 0 spiro atoms. The molecule has 1 aromatic heterocycles. The molecule has 2 heterocycles. The largest absolute Gasteiger partial charge is 0.494 e. The zero-order valence-electron chi connectivity index (χ0n) is 15.3. The van der Waals surface area contributed by atoms with Crippen molar-refractivity contribution in [2.24, 2.45) is 0 Å². The number of anilines is 2. The van der Waals surface area contributed by atoms with Gasteiger partial charge in [0.05, 0.1) is 12.6 Å². The first kappa shape index (κ1) is 18.1. The third kappa shape index (κ3) is 4.49. The number of piperazine rings is 1. The highest BCUT2D eigenvalue weighted by Crippen LogP contribution is 2.17. The minimum Gasteiger partial charge on any atom is -0.494 e. The molecular weight excluding hydrogens is 330 g/mol. The SMILES string of the molecule is CCOc1ccc(NC(=O)C(C)N2CCN(c3ncccn3)CC2)cc1. The van der Waals surface area contributed by atoms with Crippen LogP contribution in [0, 0.1) is 0 Å². The Labute approximate surface area is 154 Å². The van der Waals surface area contributed by atoms with E-state index in [2.05, 4.69) is 25.1 Å². The summed E-state index contributed by atoms with van der Waals surface area (Å²) in [5.74, 6) is 1.55. The number of carbonyl (C=O) groups excluding carboxylic acids is 1. The van der Waals surface area contributed by atoms with Crippen molar-refractivity contribution >= 4 is 17.5 Å². The second kappa shape index (κ2) is 8.62. The van der Waals surface area contributed by atoms with Gasteiger partial charge in [-0.1, -0.05) is 0 Å². The maximum atomic E-state index is 12.6. The Hall–Kier alpha value is -2.67. The van der Waals surface area contributed by atoms with E-state index in [1.807, 2.05) is 44.2 Å². The molecule has 1 N–H and O–H groups in total. The molecule has 1 amide bonds. The molecule has 7 nitrogen and oxygen atoms in total. The summed E-state index contributed by atoms with van der Waals surface area (Å²) < 4.78 is 5.42. The third-order valence-corrected chi connectivity index (χ3v) is 4.51. The van der Waals surface area contributed by atoms with Gasteiger partial charge in [0.15, 0.2) is 0 Å². The van der Waals surface area contributed by atoms with Crippen molar-refractivity contribution in [3.63, 3.8) is 0 Å². The predicted molar refractivity (Wildman–Crippen MR) is 102 cm³/mol. The lowest BCUT2D eigenvalue weighted by atomic mass is 10.2. The van der Waals surface area contributed by atoms with Crippen molar-refractivity contribution < 1.29 is 9.53 Å². The summed E-state index contributed by atoms with van der Waals surface area (Å²) in [5.41, 5.74) is 0.779. The van der Waals surface area contributed by atoms with Crippen molar-refractivity contribution in [3.8, 4) is 5.75 Å². The minimum atomic E-state index is -0.194. The molecule has 1 fully saturated rings. The van der Waals surface area contributed by atoms with Gasteiger partial charge in [0.2, 0.25) is 11.9 Å². The maximum Gasteiger partial charge on any atom is 0.241 e. The van der Waals surface area contributed by atoms with Crippen molar-refractivity contribution in [2.75, 3.05) is 43.0 Å². The topological polar surface area (TPSA) is 70.6 Å². The zero-order valence-corrected chi connectivity index (χ0v) is 15.3. The van der Waals surface area contributed by atoms with Gasteiger partial charge in [-0.05, 0) is 44.2 Å². The molecule has 1 saturated heterocycles. The summed E-state index contributed by atoms with van der Waals surface area (Å²) >= 11 is 0. The Morgan fingerprint density at radius 3 is 2.42 bits per heavy atom. The minimum absolute atomic E-state index is 0.00132. The van der Waals surface area contributed by atoms with Gasteiger partial charge in [0, 0.05) is 44.3 Å². The number of rotatable bonds is 6. The molecule has 0 aliphatic carbocycles. The van der Waals surface area contributed by atoms with E-state index in [0.717, 1.165) is 43.6 Å². The second-order valence-corrected chi connectivity index (χ2v) is 6.19. The van der Waals surface area contributed by atoms with Crippen LogP contribution >= 0.6 is 0 Å². The van der Waals surface area contributed by atoms with E-state index in [-0.39, 0.29) is 11.9 Å².